The van der Waals surface area contributed by atoms with Gasteiger partial charge in [0.05, 0.1) is 0 Å². The zero-order valence-electron chi connectivity index (χ0n) is 13.1. The van der Waals surface area contributed by atoms with E-state index >= 15 is 0 Å². The van der Waals surface area contributed by atoms with Gasteiger partial charge in [0.2, 0.25) is 0 Å². The summed E-state index contributed by atoms with van der Waals surface area (Å²) in [5.41, 5.74) is 2.36. The lowest BCUT2D eigenvalue weighted by Gasteiger charge is -2.36. The van der Waals surface area contributed by atoms with E-state index in [-0.39, 0.29) is 11.5 Å². The van der Waals surface area contributed by atoms with E-state index in [1.54, 1.807) is 11.1 Å². The van der Waals surface area contributed by atoms with Crippen LogP contribution in [0.5, 0.6) is 0 Å². The Hall–Kier alpha value is -1.36. The first-order valence-electron chi connectivity index (χ1n) is 7.58. The number of aromatic nitrogens is 1. The maximum atomic E-state index is 11.6. The molecule has 0 aromatic carbocycles. The molecule has 0 radical (unpaired) electrons. The lowest BCUT2D eigenvalue weighted by atomic mass is 9.78. The minimum Gasteiger partial charge on any atom is -0.465 e. The van der Waals surface area contributed by atoms with Crippen molar-refractivity contribution in [2.75, 3.05) is 6.54 Å². The predicted octanol–water partition coefficient (Wildman–Crippen LogP) is 4.27. The molecule has 1 aromatic rings. The van der Waals surface area contributed by atoms with Gasteiger partial charge in [0.1, 0.15) is 0 Å². The monoisotopic (exact) mass is 364 g/mol. The summed E-state index contributed by atoms with van der Waals surface area (Å²) in [5, 5.41) is 9.51. The van der Waals surface area contributed by atoms with Crippen molar-refractivity contribution >= 4 is 27.6 Å². The van der Waals surface area contributed by atoms with E-state index in [0.717, 1.165) is 16.5 Å². The molecule has 0 bridgehead atoms. The molecule has 3 rings (SSSR count). The van der Waals surface area contributed by atoms with Crippen molar-refractivity contribution in [2.24, 2.45) is 17.3 Å². The number of hydrogen-bond donors (Lipinski definition) is 1. The first-order chi connectivity index (χ1) is 10.3. The number of likely N-dealkylation sites (tertiary alicyclic amines) is 1. The summed E-state index contributed by atoms with van der Waals surface area (Å²) in [5.74, 6) is 0.680. The molecule has 2 aliphatic rings. The molecule has 0 saturated carbocycles. The van der Waals surface area contributed by atoms with Crippen molar-refractivity contribution in [1.82, 2.24) is 9.88 Å². The third-order valence-electron chi connectivity index (χ3n) is 4.76. The van der Waals surface area contributed by atoms with Crippen LogP contribution in [0.4, 0.5) is 4.79 Å². The SMILES string of the molecule is CC(C)(C)C1C2C=C(c3cncc(Br)c3)CC2CN1C(=O)O. The first-order valence-corrected chi connectivity index (χ1v) is 8.38. The summed E-state index contributed by atoms with van der Waals surface area (Å²) < 4.78 is 0.975. The standard InChI is InChI=1S/C17H21BrN2O2/c1-17(2,3)15-14-6-10(11-5-13(18)8-19-7-11)4-12(14)9-20(15)16(21)22/h5-8,12,14-15H,4,9H2,1-3H3,(H,21,22). The van der Waals surface area contributed by atoms with Crippen molar-refractivity contribution in [3.63, 3.8) is 0 Å². The summed E-state index contributed by atoms with van der Waals surface area (Å²) in [7, 11) is 0. The zero-order chi connectivity index (χ0) is 16.1. The van der Waals surface area contributed by atoms with Gasteiger partial charge in [-0.2, -0.15) is 0 Å². The molecule has 1 N–H and O–H groups in total. The fraction of sp³-hybridized carbons (Fsp3) is 0.529. The number of nitrogens with zero attached hydrogens (tertiary/aromatic N) is 2. The Labute approximate surface area is 139 Å². The van der Waals surface area contributed by atoms with Crippen molar-refractivity contribution in [2.45, 2.75) is 33.2 Å². The molecule has 22 heavy (non-hydrogen) atoms. The molecular formula is C17H21BrN2O2. The summed E-state index contributed by atoms with van der Waals surface area (Å²) in [4.78, 5) is 17.5. The number of carbonyl (C=O) groups is 1. The van der Waals surface area contributed by atoms with Gasteiger partial charge in [-0.25, -0.2) is 4.79 Å². The van der Waals surface area contributed by atoms with Gasteiger partial charge in [-0.15, -0.1) is 0 Å². The van der Waals surface area contributed by atoms with E-state index in [9.17, 15) is 9.90 Å². The fourth-order valence-corrected chi connectivity index (χ4v) is 4.37. The normalized spacial score (nSPS) is 27.7. The van der Waals surface area contributed by atoms with Crippen LogP contribution < -0.4 is 0 Å². The van der Waals surface area contributed by atoms with Gasteiger partial charge in [-0.3, -0.25) is 4.98 Å². The van der Waals surface area contributed by atoms with Gasteiger partial charge in [-0.05, 0) is 50.9 Å². The van der Waals surface area contributed by atoms with Crippen molar-refractivity contribution in [1.29, 1.82) is 0 Å². The minimum atomic E-state index is -0.798. The molecule has 1 fully saturated rings. The summed E-state index contributed by atoms with van der Waals surface area (Å²) >= 11 is 3.47. The lowest BCUT2D eigenvalue weighted by molar-refractivity contribution is 0.0978. The van der Waals surface area contributed by atoms with Crippen LogP contribution in [-0.4, -0.2) is 33.7 Å². The number of rotatable bonds is 1. The van der Waals surface area contributed by atoms with Crippen molar-refractivity contribution < 1.29 is 9.90 Å². The minimum absolute atomic E-state index is 0.0348. The Kier molecular flexibility index (Phi) is 3.79. The third-order valence-corrected chi connectivity index (χ3v) is 5.19. The van der Waals surface area contributed by atoms with E-state index in [1.165, 1.54) is 5.57 Å². The highest BCUT2D eigenvalue weighted by molar-refractivity contribution is 9.10. The number of carboxylic acid groups (broad SMARTS) is 1. The molecule has 3 atom stereocenters. The number of pyridine rings is 1. The quantitative estimate of drug-likeness (QED) is 0.809. The predicted molar refractivity (Wildman–Crippen MR) is 89.5 cm³/mol. The van der Waals surface area contributed by atoms with Crippen molar-refractivity contribution in [3.8, 4) is 0 Å². The van der Waals surface area contributed by atoms with Crippen LogP contribution in [0.2, 0.25) is 0 Å². The summed E-state index contributed by atoms with van der Waals surface area (Å²) in [6.07, 6.45) is 6.09. The van der Waals surface area contributed by atoms with Gasteiger partial charge in [0.15, 0.2) is 0 Å². The van der Waals surface area contributed by atoms with Gasteiger partial charge < -0.3 is 10.0 Å². The molecule has 4 nitrogen and oxygen atoms in total. The fourth-order valence-electron chi connectivity index (χ4n) is 4.01. The number of halogens is 1. The third kappa shape index (κ3) is 2.67. The van der Waals surface area contributed by atoms with Crippen LogP contribution in [0, 0.1) is 17.3 Å². The molecule has 1 saturated heterocycles. The van der Waals surface area contributed by atoms with E-state index in [1.807, 2.05) is 6.20 Å². The maximum absolute atomic E-state index is 11.6. The molecular weight excluding hydrogens is 344 g/mol. The Morgan fingerprint density at radius 1 is 1.41 bits per heavy atom. The van der Waals surface area contributed by atoms with E-state index < -0.39 is 6.09 Å². The lowest BCUT2D eigenvalue weighted by Crippen LogP contribution is -2.45. The second kappa shape index (κ2) is 5.37. The van der Waals surface area contributed by atoms with Gasteiger partial charge in [-0.1, -0.05) is 26.8 Å². The number of hydrogen-bond acceptors (Lipinski definition) is 2. The summed E-state index contributed by atoms with van der Waals surface area (Å²) in [6, 6.07) is 2.12. The van der Waals surface area contributed by atoms with E-state index in [0.29, 0.717) is 18.4 Å². The smallest absolute Gasteiger partial charge is 0.407 e. The highest BCUT2D eigenvalue weighted by atomic mass is 79.9. The van der Waals surface area contributed by atoms with Crippen LogP contribution in [0.15, 0.2) is 29.0 Å². The van der Waals surface area contributed by atoms with Crippen LogP contribution in [-0.2, 0) is 0 Å². The molecule has 1 amide bonds. The van der Waals surface area contributed by atoms with E-state index in [2.05, 4.69) is 53.8 Å². The molecule has 1 aliphatic heterocycles. The first kappa shape index (κ1) is 15.5. The Morgan fingerprint density at radius 3 is 2.73 bits per heavy atom. The molecule has 0 spiro atoms. The highest BCUT2D eigenvalue weighted by Gasteiger charge is 2.50. The topological polar surface area (TPSA) is 53.4 Å². The molecule has 3 unspecified atom stereocenters. The maximum Gasteiger partial charge on any atom is 0.407 e. The number of fused-ring (bicyclic) bond motifs is 1. The Bertz CT molecular complexity index is 636. The number of amides is 1. The zero-order valence-corrected chi connectivity index (χ0v) is 14.7. The van der Waals surface area contributed by atoms with Crippen LogP contribution in [0.3, 0.4) is 0 Å². The number of allylic oxidation sites excluding steroid dienone is 1. The van der Waals surface area contributed by atoms with Gasteiger partial charge >= 0.3 is 6.09 Å². The highest BCUT2D eigenvalue weighted by Crippen LogP contribution is 2.49. The molecule has 118 valence electrons. The average molecular weight is 365 g/mol. The van der Waals surface area contributed by atoms with Gasteiger partial charge in [0, 0.05) is 35.4 Å². The molecule has 1 aliphatic carbocycles. The Morgan fingerprint density at radius 2 is 2.14 bits per heavy atom. The van der Waals surface area contributed by atoms with Crippen LogP contribution >= 0.6 is 15.9 Å². The average Bonchev–Trinajstić information content (AvgIpc) is 2.93. The Balaban J connectivity index is 1.94. The van der Waals surface area contributed by atoms with Crippen molar-refractivity contribution in [3.05, 3.63) is 34.6 Å². The molecule has 1 aromatic heterocycles. The second-order valence-corrected chi connectivity index (χ2v) is 8.29. The summed E-state index contributed by atoms with van der Waals surface area (Å²) in [6.45, 7) is 7.01. The molecule has 5 heteroatoms. The van der Waals surface area contributed by atoms with Gasteiger partial charge in [0.25, 0.3) is 0 Å². The molecule has 2 heterocycles. The van der Waals surface area contributed by atoms with Crippen LogP contribution in [0.1, 0.15) is 32.8 Å². The largest absolute Gasteiger partial charge is 0.465 e. The van der Waals surface area contributed by atoms with E-state index in [4.69, 9.17) is 0 Å². The van der Waals surface area contributed by atoms with Crippen LogP contribution in [0.25, 0.3) is 5.57 Å². The second-order valence-electron chi connectivity index (χ2n) is 7.37.